The largest absolute Gasteiger partial charge is 0.478 e. The van der Waals surface area contributed by atoms with Gasteiger partial charge >= 0.3 is 17.9 Å². The van der Waals surface area contributed by atoms with E-state index in [4.69, 9.17) is 21.7 Å². The minimum atomic E-state index is -1.83. The van der Waals surface area contributed by atoms with Crippen LogP contribution in [-0.2, 0) is 15.3 Å². The van der Waals surface area contributed by atoms with Gasteiger partial charge in [-0.15, -0.1) is 17.5 Å². The molecule has 0 aliphatic rings. The van der Waals surface area contributed by atoms with E-state index >= 15 is 0 Å². The predicted molar refractivity (Wildman–Crippen MR) is 185 cm³/mol. The van der Waals surface area contributed by atoms with E-state index in [0.29, 0.717) is 27.9 Å². The number of terminal acetylenes is 1. The van der Waals surface area contributed by atoms with Gasteiger partial charge in [0.15, 0.2) is 0 Å². The molecule has 0 aliphatic carbocycles. The number of carboxylic acids is 3. The lowest BCUT2D eigenvalue weighted by Crippen LogP contribution is -2.43. The summed E-state index contributed by atoms with van der Waals surface area (Å²) in [5, 5.41) is 25.9. The quantitative estimate of drug-likeness (QED) is 0.112. The van der Waals surface area contributed by atoms with Crippen LogP contribution in [0.15, 0.2) is 24.3 Å². The molecule has 0 saturated carbocycles. The summed E-state index contributed by atoms with van der Waals surface area (Å²) in [4.78, 5) is 31.4. The molecule has 0 fully saturated rings. The molecule has 0 atom stereocenters. The van der Waals surface area contributed by atoms with Gasteiger partial charge in [-0.3, -0.25) is 0 Å². The Hall–Kier alpha value is -2.56. The molecule has 0 aliphatic heterocycles. The summed E-state index contributed by atoms with van der Waals surface area (Å²) in [7, 11) is -0.247. The maximum atomic E-state index is 10.6. The van der Waals surface area contributed by atoms with E-state index in [2.05, 4.69) is 104 Å². The SMILES string of the molecule is C#CCSSCc1ccc(C(=O)O)cc1.CC(C)(C)[Si](C)(C)C#CC(=O)O.CC(C)[Si](C#CC(=O)O)(C(C)C)C(C)C. The summed E-state index contributed by atoms with van der Waals surface area (Å²) in [6.07, 6.45) is 5.11. The van der Waals surface area contributed by atoms with E-state index in [1.807, 2.05) is 12.1 Å². The number of aliphatic carboxylic acids is 2. The Morgan fingerprint density at radius 3 is 1.57 bits per heavy atom. The third-order valence-electron chi connectivity index (χ3n) is 7.26. The molecule has 0 radical (unpaired) electrons. The second-order valence-electron chi connectivity index (χ2n) is 12.1. The van der Waals surface area contributed by atoms with E-state index in [0.717, 1.165) is 11.3 Å². The van der Waals surface area contributed by atoms with E-state index in [-0.39, 0.29) is 5.04 Å². The fourth-order valence-electron chi connectivity index (χ4n) is 3.92. The predicted octanol–water partition coefficient (Wildman–Crippen LogP) is 8.31. The zero-order valence-corrected chi connectivity index (χ0v) is 30.5. The van der Waals surface area contributed by atoms with Crippen LogP contribution in [0.2, 0.25) is 34.8 Å². The normalized spacial score (nSPS) is 11.0. The molecule has 0 amide bonds. The van der Waals surface area contributed by atoms with Crippen LogP contribution in [0, 0.1) is 35.3 Å². The van der Waals surface area contributed by atoms with E-state index in [1.165, 1.54) is 0 Å². The Morgan fingerprint density at radius 1 is 0.810 bits per heavy atom. The maximum absolute atomic E-state index is 10.6. The van der Waals surface area contributed by atoms with Crippen molar-refractivity contribution in [1.82, 2.24) is 0 Å². The smallest absolute Gasteiger partial charge is 0.381 e. The average molecular weight is 649 g/mol. The van der Waals surface area contributed by atoms with Gasteiger partial charge in [0.05, 0.1) is 11.3 Å². The molecule has 42 heavy (non-hydrogen) atoms. The van der Waals surface area contributed by atoms with Gasteiger partial charge in [-0.2, -0.15) is 0 Å². The van der Waals surface area contributed by atoms with Crippen LogP contribution < -0.4 is 0 Å². The van der Waals surface area contributed by atoms with Crippen LogP contribution in [0.25, 0.3) is 0 Å². The van der Waals surface area contributed by atoms with Gasteiger partial charge < -0.3 is 15.3 Å². The standard InChI is InChI=1S/C12H22O2Si.C11H10O2S2.C9H16O2Si/c1-9(2)15(10(3)4,11(5)6)8-7-12(13)14;1-2-7-14-15-8-9-3-5-10(6-4-9)11(12)13;1-9(2,3)12(4,5)7-6-8(10)11/h9-11H,1-6H3,(H,13,14);1,3-6H,7-8H2,(H,12,13);1-5H3,(H,10,11). The third-order valence-corrected chi connectivity index (χ3v) is 20.2. The van der Waals surface area contributed by atoms with Crippen LogP contribution in [0.1, 0.15) is 78.2 Å². The molecule has 0 saturated heterocycles. The zero-order valence-electron chi connectivity index (χ0n) is 26.9. The molecule has 10 heteroatoms. The van der Waals surface area contributed by atoms with Crippen LogP contribution in [0.3, 0.4) is 0 Å². The molecular weight excluding hydrogens is 601 g/mol. The molecule has 1 aromatic rings. The minimum absolute atomic E-state index is 0.134. The summed E-state index contributed by atoms with van der Waals surface area (Å²) >= 11 is 0. The van der Waals surface area contributed by atoms with Crippen LogP contribution in [0.4, 0.5) is 0 Å². The van der Waals surface area contributed by atoms with Crippen molar-refractivity contribution >= 4 is 55.6 Å². The number of hydrogen-bond acceptors (Lipinski definition) is 5. The average Bonchev–Trinajstić information content (AvgIpc) is 2.85. The Balaban J connectivity index is 0. The van der Waals surface area contributed by atoms with Crippen LogP contribution in [0.5, 0.6) is 0 Å². The van der Waals surface area contributed by atoms with Gasteiger partial charge in [0.1, 0.15) is 16.1 Å². The fraction of sp³-hybridized carbons (Fsp3) is 0.531. The molecule has 0 spiro atoms. The molecule has 1 aromatic carbocycles. The van der Waals surface area contributed by atoms with Crippen molar-refractivity contribution in [2.24, 2.45) is 0 Å². The first-order valence-electron chi connectivity index (χ1n) is 13.7. The Kier molecular flexibility index (Phi) is 19.4. The molecule has 6 nitrogen and oxygen atoms in total. The maximum Gasteiger partial charge on any atom is 0.381 e. The topological polar surface area (TPSA) is 112 Å². The molecule has 0 unspecified atom stereocenters. The van der Waals surface area contributed by atoms with E-state index < -0.39 is 34.1 Å². The number of carbonyl (C=O) groups is 3. The Bertz CT molecular complexity index is 1160. The third kappa shape index (κ3) is 15.6. The van der Waals surface area contributed by atoms with E-state index in [1.54, 1.807) is 33.7 Å². The first-order chi connectivity index (χ1) is 19.1. The number of carboxylic acid groups (broad SMARTS) is 3. The monoisotopic (exact) mass is 648 g/mol. The highest BCUT2D eigenvalue weighted by molar-refractivity contribution is 8.76. The Labute approximate surface area is 263 Å². The number of rotatable bonds is 8. The number of hydrogen-bond donors (Lipinski definition) is 3. The van der Waals surface area contributed by atoms with Crippen molar-refractivity contribution in [1.29, 1.82) is 0 Å². The van der Waals surface area contributed by atoms with Crippen molar-refractivity contribution in [3.63, 3.8) is 0 Å². The summed E-state index contributed by atoms with van der Waals surface area (Å²) in [6, 6.07) is 6.88. The van der Waals surface area contributed by atoms with E-state index in [9.17, 15) is 14.4 Å². The molecule has 0 bridgehead atoms. The van der Waals surface area contributed by atoms with Gasteiger partial charge in [0, 0.05) is 17.6 Å². The summed E-state index contributed by atoms with van der Waals surface area (Å²) in [6.45, 7) is 23.5. The molecule has 3 N–H and O–H groups in total. The van der Waals surface area contributed by atoms with Gasteiger partial charge in [-0.05, 0) is 39.4 Å². The lowest BCUT2D eigenvalue weighted by Gasteiger charge is -2.37. The number of aromatic carboxylic acids is 1. The van der Waals surface area contributed by atoms with Crippen molar-refractivity contribution in [3.05, 3.63) is 35.4 Å². The summed E-state index contributed by atoms with van der Waals surface area (Å²) < 4.78 is 0. The van der Waals surface area contributed by atoms with Crippen molar-refractivity contribution < 1.29 is 29.7 Å². The molecule has 1 rings (SSSR count). The highest BCUT2D eigenvalue weighted by Gasteiger charge is 2.41. The van der Waals surface area contributed by atoms with Crippen molar-refractivity contribution in [3.8, 4) is 35.3 Å². The number of benzene rings is 1. The van der Waals surface area contributed by atoms with Crippen LogP contribution in [-0.4, -0.2) is 55.1 Å². The van der Waals surface area contributed by atoms with Crippen molar-refractivity contribution in [2.45, 2.75) is 103 Å². The fourth-order valence-corrected chi connectivity index (χ4v) is 11.6. The van der Waals surface area contributed by atoms with Crippen molar-refractivity contribution in [2.75, 3.05) is 5.75 Å². The summed E-state index contributed by atoms with van der Waals surface area (Å²) in [5.41, 5.74) is 8.90. The lowest BCUT2D eigenvalue weighted by molar-refractivity contribution is -0.131. The lowest BCUT2D eigenvalue weighted by atomic mass is 10.1. The first-order valence-corrected chi connectivity index (χ1v) is 21.4. The zero-order chi connectivity index (χ0) is 33.3. The molecular formula is C32H48O6S2Si2. The van der Waals surface area contributed by atoms with Gasteiger partial charge in [-0.1, -0.05) is 115 Å². The Morgan fingerprint density at radius 2 is 1.24 bits per heavy atom. The first kappa shape index (κ1) is 41.6. The van der Waals surface area contributed by atoms with Crippen LogP contribution >= 0.6 is 21.6 Å². The van der Waals surface area contributed by atoms with Gasteiger partial charge in [-0.25, -0.2) is 14.4 Å². The molecule has 0 heterocycles. The highest BCUT2D eigenvalue weighted by atomic mass is 33.1. The minimum Gasteiger partial charge on any atom is -0.478 e. The molecule has 0 aromatic heterocycles. The second-order valence-corrected chi connectivity index (χ2v) is 25.2. The second kappa shape index (κ2) is 19.6. The van der Waals surface area contributed by atoms with Gasteiger partial charge in [0.2, 0.25) is 0 Å². The molecule has 232 valence electrons. The van der Waals surface area contributed by atoms with Gasteiger partial charge in [0.25, 0.3) is 0 Å². The highest BCUT2D eigenvalue weighted by Crippen LogP contribution is 2.40. The summed E-state index contributed by atoms with van der Waals surface area (Å²) in [5.74, 6) is 5.73.